The molecule has 1 atom stereocenters. The van der Waals surface area contributed by atoms with E-state index >= 15 is 0 Å². The quantitative estimate of drug-likeness (QED) is 0.847. The molecule has 1 aromatic carbocycles. The van der Waals surface area contributed by atoms with Gasteiger partial charge in [-0.1, -0.05) is 37.6 Å². The van der Waals surface area contributed by atoms with Crippen LogP contribution < -0.4 is 5.32 Å². The van der Waals surface area contributed by atoms with Crippen LogP contribution in [0.15, 0.2) is 36.5 Å². The van der Waals surface area contributed by atoms with Gasteiger partial charge in [-0.25, -0.2) is 9.97 Å². The van der Waals surface area contributed by atoms with Crippen LogP contribution in [0, 0.1) is 0 Å². The van der Waals surface area contributed by atoms with Gasteiger partial charge in [-0.05, 0) is 30.5 Å². The standard InChI is InChI=1S/C16H21N3O/c1-3-4-15-9-10-17-16(19-15)18-12(2)14-7-5-13(11-20)6-8-14/h5-10,12,20H,3-4,11H2,1-2H3,(H,17,18,19)/t12-/m0/s1. The van der Waals surface area contributed by atoms with Crippen molar-refractivity contribution in [2.75, 3.05) is 5.32 Å². The average molecular weight is 271 g/mol. The van der Waals surface area contributed by atoms with E-state index in [0.29, 0.717) is 5.95 Å². The molecule has 0 spiro atoms. The lowest BCUT2D eigenvalue weighted by molar-refractivity contribution is 0.282. The summed E-state index contributed by atoms with van der Waals surface area (Å²) in [4.78, 5) is 8.76. The molecule has 4 heteroatoms. The molecule has 0 saturated heterocycles. The van der Waals surface area contributed by atoms with Gasteiger partial charge in [-0.2, -0.15) is 0 Å². The van der Waals surface area contributed by atoms with Crippen molar-refractivity contribution in [2.24, 2.45) is 0 Å². The molecule has 4 nitrogen and oxygen atoms in total. The fourth-order valence-corrected chi connectivity index (χ4v) is 2.05. The van der Waals surface area contributed by atoms with Gasteiger partial charge in [-0.3, -0.25) is 0 Å². The zero-order chi connectivity index (χ0) is 14.4. The normalized spacial score (nSPS) is 12.2. The first kappa shape index (κ1) is 14.5. The van der Waals surface area contributed by atoms with Crippen molar-refractivity contribution in [3.63, 3.8) is 0 Å². The van der Waals surface area contributed by atoms with Crippen LogP contribution in [0.5, 0.6) is 0 Å². The molecule has 106 valence electrons. The van der Waals surface area contributed by atoms with Crippen molar-refractivity contribution in [2.45, 2.75) is 39.3 Å². The Balaban J connectivity index is 2.06. The van der Waals surface area contributed by atoms with Gasteiger partial charge in [0.2, 0.25) is 5.95 Å². The monoisotopic (exact) mass is 271 g/mol. The molecule has 0 bridgehead atoms. The lowest BCUT2D eigenvalue weighted by atomic mass is 10.1. The molecule has 0 radical (unpaired) electrons. The number of rotatable bonds is 6. The number of anilines is 1. The predicted octanol–water partition coefficient (Wildman–Crippen LogP) is 3.09. The van der Waals surface area contributed by atoms with Crippen molar-refractivity contribution in [1.82, 2.24) is 9.97 Å². The molecule has 0 aliphatic rings. The highest BCUT2D eigenvalue weighted by atomic mass is 16.3. The first-order valence-corrected chi connectivity index (χ1v) is 7.01. The molecule has 1 aromatic heterocycles. The largest absolute Gasteiger partial charge is 0.392 e. The van der Waals surface area contributed by atoms with Gasteiger partial charge in [0.1, 0.15) is 0 Å². The predicted molar refractivity (Wildman–Crippen MR) is 80.4 cm³/mol. The van der Waals surface area contributed by atoms with Crippen LogP contribution in [-0.2, 0) is 13.0 Å². The third-order valence-electron chi connectivity index (χ3n) is 3.23. The van der Waals surface area contributed by atoms with E-state index in [-0.39, 0.29) is 12.6 Å². The minimum absolute atomic E-state index is 0.0737. The van der Waals surface area contributed by atoms with Crippen LogP contribution in [0.3, 0.4) is 0 Å². The van der Waals surface area contributed by atoms with Crippen LogP contribution in [0.2, 0.25) is 0 Å². The fourth-order valence-electron chi connectivity index (χ4n) is 2.05. The Kier molecular flexibility index (Phi) is 5.07. The SMILES string of the molecule is CCCc1ccnc(N[C@@H](C)c2ccc(CO)cc2)n1. The van der Waals surface area contributed by atoms with Gasteiger partial charge in [0.05, 0.1) is 12.6 Å². The highest BCUT2D eigenvalue weighted by Gasteiger charge is 2.07. The lowest BCUT2D eigenvalue weighted by Crippen LogP contribution is -2.10. The third kappa shape index (κ3) is 3.78. The minimum Gasteiger partial charge on any atom is -0.392 e. The van der Waals surface area contributed by atoms with E-state index in [2.05, 4.69) is 29.1 Å². The maximum Gasteiger partial charge on any atom is 0.223 e. The topological polar surface area (TPSA) is 58.0 Å². The molecular formula is C16H21N3O. The summed E-state index contributed by atoms with van der Waals surface area (Å²) < 4.78 is 0. The van der Waals surface area contributed by atoms with Crippen molar-refractivity contribution >= 4 is 5.95 Å². The fraction of sp³-hybridized carbons (Fsp3) is 0.375. The molecule has 2 aromatic rings. The van der Waals surface area contributed by atoms with Crippen LogP contribution in [0.4, 0.5) is 5.95 Å². The molecule has 2 N–H and O–H groups in total. The summed E-state index contributed by atoms with van der Waals surface area (Å²) in [5, 5.41) is 12.4. The van der Waals surface area contributed by atoms with Gasteiger partial charge in [0.25, 0.3) is 0 Å². The van der Waals surface area contributed by atoms with Crippen molar-refractivity contribution in [1.29, 1.82) is 0 Å². The van der Waals surface area contributed by atoms with E-state index < -0.39 is 0 Å². The Labute approximate surface area is 119 Å². The Morgan fingerprint density at radius 2 is 1.95 bits per heavy atom. The Morgan fingerprint density at radius 3 is 2.60 bits per heavy atom. The van der Waals surface area contributed by atoms with Crippen LogP contribution in [0.1, 0.15) is 43.1 Å². The number of aliphatic hydroxyl groups is 1. The number of benzene rings is 1. The van der Waals surface area contributed by atoms with E-state index in [1.165, 1.54) is 0 Å². The minimum atomic E-state index is 0.0737. The zero-order valence-electron chi connectivity index (χ0n) is 12.0. The molecular weight excluding hydrogens is 250 g/mol. The van der Waals surface area contributed by atoms with Gasteiger partial charge in [0.15, 0.2) is 0 Å². The maximum absolute atomic E-state index is 9.05. The zero-order valence-corrected chi connectivity index (χ0v) is 12.0. The number of nitrogens with one attached hydrogen (secondary N) is 1. The summed E-state index contributed by atoms with van der Waals surface area (Å²) >= 11 is 0. The van der Waals surface area contributed by atoms with Crippen molar-refractivity contribution in [3.05, 3.63) is 53.3 Å². The number of aryl methyl sites for hydroxylation is 1. The van der Waals surface area contributed by atoms with E-state index in [1.807, 2.05) is 30.3 Å². The molecule has 0 aliphatic heterocycles. The summed E-state index contributed by atoms with van der Waals surface area (Å²) in [6, 6.07) is 9.97. The molecule has 0 saturated carbocycles. The average Bonchev–Trinajstić information content (AvgIpc) is 2.48. The van der Waals surface area contributed by atoms with Crippen LogP contribution in [-0.4, -0.2) is 15.1 Å². The molecule has 1 heterocycles. The first-order chi connectivity index (χ1) is 9.72. The Bertz CT molecular complexity index is 540. The molecule has 0 fully saturated rings. The van der Waals surface area contributed by atoms with E-state index in [4.69, 9.17) is 5.11 Å². The summed E-state index contributed by atoms with van der Waals surface area (Å²) in [6.45, 7) is 4.29. The maximum atomic E-state index is 9.05. The summed E-state index contributed by atoms with van der Waals surface area (Å²) in [5.74, 6) is 0.662. The smallest absolute Gasteiger partial charge is 0.223 e. The molecule has 20 heavy (non-hydrogen) atoms. The van der Waals surface area contributed by atoms with E-state index in [9.17, 15) is 0 Å². The van der Waals surface area contributed by atoms with Gasteiger partial charge in [0, 0.05) is 11.9 Å². The number of hydrogen-bond acceptors (Lipinski definition) is 4. The van der Waals surface area contributed by atoms with Gasteiger partial charge in [-0.15, -0.1) is 0 Å². The third-order valence-corrected chi connectivity index (χ3v) is 3.23. The number of hydrogen-bond donors (Lipinski definition) is 2. The second-order valence-electron chi connectivity index (χ2n) is 4.89. The number of aromatic nitrogens is 2. The molecule has 0 unspecified atom stereocenters. The number of aliphatic hydroxyl groups excluding tert-OH is 1. The van der Waals surface area contributed by atoms with Crippen LogP contribution in [0.25, 0.3) is 0 Å². The highest BCUT2D eigenvalue weighted by molar-refractivity contribution is 5.33. The summed E-state index contributed by atoms with van der Waals surface area (Å²) in [6.07, 6.45) is 3.84. The first-order valence-electron chi connectivity index (χ1n) is 7.01. The van der Waals surface area contributed by atoms with Gasteiger partial charge < -0.3 is 10.4 Å². The molecule has 0 amide bonds. The lowest BCUT2D eigenvalue weighted by Gasteiger charge is -2.15. The van der Waals surface area contributed by atoms with E-state index in [1.54, 1.807) is 6.20 Å². The van der Waals surface area contributed by atoms with Crippen LogP contribution >= 0.6 is 0 Å². The highest BCUT2D eigenvalue weighted by Crippen LogP contribution is 2.17. The number of nitrogens with zero attached hydrogens (tertiary/aromatic N) is 2. The summed E-state index contributed by atoms with van der Waals surface area (Å²) in [7, 11) is 0. The van der Waals surface area contributed by atoms with Crippen molar-refractivity contribution < 1.29 is 5.11 Å². The van der Waals surface area contributed by atoms with E-state index in [0.717, 1.165) is 29.7 Å². The Morgan fingerprint density at radius 1 is 1.20 bits per heavy atom. The second kappa shape index (κ2) is 7.01. The molecule has 0 aliphatic carbocycles. The second-order valence-corrected chi connectivity index (χ2v) is 4.89. The molecule has 2 rings (SSSR count). The van der Waals surface area contributed by atoms with Gasteiger partial charge >= 0.3 is 0 Å². The summed E-state index contributed by atoms with van der Waals surface area (Å²) in [5.41, 5.74) is 3.13. The Hall–Kier alpha value is -1.94. The van der Waals surface area contributed by atoms with Crippen molar-refractivity contribution in [3.8, 4) is 0 Å².